The molecular weight excluding hydrogens is 270 g/mol. The molecule has 92 valence electrons. The molecule has 2 aromatic heterocycles. The first-order valence-electron chi connectivity index (χ1n) is 5.37. The molecule has 2 heterocycles. The Kier molecular flexibility index (Phi) is 2.89. The van der Waals surface area contributed by atoms with E-state index in [1.807, 2.05) is 31.4 Å². The second-order valence-electron chi connectivity index (χ2n) is 3.89. The molecule has 0 radical (unpaired) electrons. The third-order valence-electron chi connectivity index (χ3n) is 2.59. The van der Waals surface area contributed by atoms with Crippen LogP contribution in [0.15, 0.2) is 24.4 Å². The number of nitrogens with one attached hydrogen (secondary N) is 1. The highest BCUT2D eigenvalue weighted by Gasteiger charge is 2.09. The summed E-state index contributed by atoms with van der Waals surface area (Å²) in [5.41, 5.74) is 3.43. The van der Waals surface area contributed by atoms with E-state index in [-0.39, 0.29) is 0 Å². The average molecular weight is 280 g/mol. The van der Waals surface area contributed by atoms with Gasteiger partial charge in [0.1, 0.15) is 11.0 Å². The molecule has 0 atom stereocenters. The molecule has 0 spiro atoms. The number of aromatic nitrogens is 4. The van der Waals surface area contributed by atoms with Gasteiger partial charge in [-0.05, 0) is 18.2 Å². The molecule has 0 amide bonds. The summed E-state index contributed by atoms with van der Waals surface area (Å²) >= 11 is 7.36. The molecule has 0 bridgehead atoms. The zero-order chi connectivity index (χ0) is 12.5. The first-order chi connectivity index (χ1) is 8.74. The third kappa shape index (κ3) is 2.04. The summed E-state index contributed by atoms with van der Waals surface area (Å²) in [6.45, 7) is 0.608. The lowest BCUT2D eigenvalue weighted by molar-refractivity contribution is 0.747. The van der Waals surface area contributed by atoms with Crippen LogP contribution in [0.4, 0.5) is 5.69 Å². The van der Waals surface area contributed by atoms with E-state index in [0.717, 1.165) is 22.4 Å². The van der Waals surface area contributed by atoms with E-state index in [1.54, 1.807) is 4.68 Å². The van der Waals surface area contributed by atoms with Crippen molar-refractivity contribution in [2.24, 2.45) is 7.05 Å². The van der Waals surface area contributed by atoms with Gasteiger partial charge in [-0.2, -0.15) is 13.8 Å². The molecule has 0 saturated carbocycles. The number of hydrogen-bond acceptors (Lipinski definition) is 5. The molecule has 0 aliphatic heterocycles. The Labute approximate surface area is 113 Å². The van der Waals surface area contributed by atoms with Crippen LogP contribution in [0, 0.1) is 0 Å². The van der Waals surface area contributed by atoms with Gasteiger partial charge in [0.2, 0.25) is 0 Å². The van der Waals surface area contributed by atoms with Gasteiger partial charge in [0.15, 0.2) is 0 Å². The summed E-state index contributed by atoms with van der Waals surface area (Å²) in [5.74, 6) is 0. The Balaban J connectivity index is 1.89. The summed E-state index contributed by atoms with van der Waals surface area (Å²) in [6.07, 6.45) is 1.91. The number of aryl methyl sites for hydroxylation is 1. The Morgan fingerprint density at radius 1 is 1.33 bits per heavy atom. The molecule has 0 saturated heterocycles. The number of halogens is 1. The largest absolute Gasteiger partial charge is 0.376 e. The Hall–Kier alpha value is -1.66. The van der Waals surface area contributed by atoms with E-state index in [9.17, 15) is 0 Å². The smallest absolute Gasteiger partial charge is 0.129 e. The van der Waals surface area contributed by atoms with Crippen LogP contribution in [0.25, 0.3) is 11.0 Å². The molecule has 3 aromatic rings. The number of benzene rings is 1. The van der Waals surface area contributed by atoms with Crippen LogP contribution in [0.3, 0.4) is 0 Å². The molecular formula is C11H10ClN5S. The highest BCUT2D eigenvalue weighted by atomic mass is 35.5. The van der Waals surface area contributed by atoms with Crippen molar-refractivity contribution in [2.45, 2.75) is 6.54 Å². The van der Waals surface area contributed by atoms with Crippen molar-refractivity contribution < 1.29 is 0 Å². The predicted molar refractivity (Wildman–Crippen MR) is 73.0 cm³/mol. The molecule has 5 nitrogen and oxygen atoms in total. The van der Waals surface area contributed by atoms with Crippen molar-refractivity contribution in [1.82, 2.24) is 18.5 Å². The minimum absolute atomic E-state index is 0.608. The lowest BCUT2D eigenvalue weighted by atomic mass is 10.2. The summed E-state index contributed by atoms with van der Waals surface area (Å²) in [6, 6.07) is 5.65. The summed E-state index contributed by atoms with van der Waals surface area (Å²) in [7, 11) is 1.89. The van der Waals surface area contributed by atoms with E-state index in [4.69, 9.17) is 11.6 Å². The maximum absolute atomic E-state index is 6.18. The Bertz CT molecular complexity index is 690. The van der Waals surface area contributed by atoms with Crippen LogP contribution in [-0.2, 0) is 13.6 Å². The van der Waals surface area contributed by atoms with Gasteiger partial charge < -0.3 is 5.32 Å². The topological polar surface area (TPSA) is 55.6 Å². The summed E-state index contributed by atoms with van der Waals surface area (Å²) < 4.78 is 10.2. The quantitative estimate of drug-likeness (QED) is 0.801. The number of anilines is 1. The number of nitrogens with zero attached hydrogens (tertiary/aromatic N) is 4. The molecule has 0 unspecified atom stereocenters. The van der Waals surface area contributed by atoms with E-state index < -0.39 is 0 Å². The molecule has 18 heavy (non-hydrogen) atoms. The van der Waals surface area contributed by atoms with Gasteiger partial charge in [0.25, 0.3) is 0 Å². The summed E-state index contributed by atoms with van der Waals surface area (Å²) in [5, 5.41) is 8.21. The van der Waals surface area contributed by atoms with Crippen molar-refractivity contribution in [1.29, 1.82) is 0 Å². The Morgan fingerprint density at radius 2 is 2.22 bits per heavy atom. The average Bonchev–Trinajstić information content (AvgIpc) is 2.96. The standard InChI is InChI=1S/C11H10ClN5S/c1-17-5-4-7(14-17)6-13-10-8(12)2-3-9-11(10)16-18-15-9/h2-5,13H,6H2,1H3. The second-order valence-corrected chi connectivity index (χ2v) is 4.82. The van der Waals surface area contributed by atoms with E-state index in [1.165, 1.54) is 11.7 Å². The monoisotopic (exact) mass is 279 g/mol. The molecule has 0 aliphatic rings. The summed E-state index contributed by atoms with van der Waals surface area (Å²) in [4.78, 5) is 0. The van der Waals surface area contributed by atoms with E-state index >= 15 is 0 Å². The zero-order valence-electron chi connectivity index (χ0n) is 9.59. The minimum atomic E-state index is 0.608. The van der Waals surface area contributed by atoms with Crippen molar-refractivity contribution >= 4 is 40.0 Å². The highest BCUT2D eigenvalue weighted by Crippen LogP contribution is 2.30. The highest BCUT2D eigenvalue weighted by molar-refractivity contribution is 7.00. The van der Waals surface area contributed by atoms with Gasteiger partial charge >= 0.3 is 0 Å². The zero-order valence-corrected chi connectivity index (χ0v) is 11.2. The molecule has 0 aliphatic carbocycles. The fraction of sp³-hybridized carbons (Fsp3) is 0.182. The van der Waals surface area contributed by atoms with Crippen LogP contribution in [0.5, 0.6) is 0 Å². The first kappa shape index (κ1) is 11.4. The molecule has 3 rings (SSSR count). The fourth-order valence-electron chi connectivity index (χ4n) is 1.73. The molecule has 1 N–H and O–H groups in total. The number of rotatable bonds is 3. The molecule has 7 heteroatoms. The van der Waals surface area contributed by atoms with Crippen molar-refractivity contribution in [3.8, 4) is 0 Å². The third-order valence-corrected chi connectivity index (χ3v) is 3.45. The van der Waals surface area contributed by atoms with Crippen molar-refractivity contribution in [3.05, 3.63) is 35.1 Å². The van der Waals surface area contributed by atoms with Gasteiger partial charge in [0.05, 0.1) is 34.7 Å². The van der Waals surface area contributed by atoms with Crippen molar-refractivity contribution in [3.63, 3.8) is 0 Å². The molecule has 0 fully saturated rings. The van der Waals surface area contributed by atoms with Gasteiger partial charge in [0, 0.05) is 13.2 Å². The number of fused-ring (bicyclic) bond motifs is 1. The SMILES string of the molecule is Cn1ccc(CNc2c(Cl)ccc3nsnc23)n1. The second kappa shape index (κ2) is 4.55. The van der Waals surface area contributed by atoms with Gasteiger partial charge in [-0.1, -0.05) is 11.6 Å². The minimum Gasteiger partial charge on any atom is -0.376 e. The van der Waals surface area contributed by atoms with Crippen LogP contribution >= 0.6 is 23.3 Å². The van der Waals surface area contributed by atoms with Gasteiger partial charge in [-0.25, -0.2) is 0 Å². The predicted octanol–water partition coefficient (Wildman–Crippen LogP) is 2.69. The molecule has 1 aromatic carbocycles. The first-order valence-corrected chi connectivity index (χ1v) is 6.48. The normalized spacial score (nSPS) is 11.0. The van der Waals surface area contributed by atoms with Crippen LogP contribution in [0.2, 0.25) is 5.02 Å². The number of hydrogen-bond donors (Lipinski definition) is 1. The van der Waals surface area contributed by atoms with E-state index in [0.29, 0.717) is 11.6 Å². The lowest BCUT2D eigenvalue weighted by Gasteiger charge is -2.06. The Morgan fingerprint density at radius 3 is 3.00 bits per heavy atom. The van der Waals surface area contributed by atoms with E-state index in [2.05, 4.69) is 19.2 Å². The van der Waals surface area contributed by atoms with Gasteiger partial charge in [-0.3, -0.25) is 4.68 Å². The maximum Gasteiger partial charge on any atom is 0.129 e. The van der Waals surface area contributed by atoms with Gasteiger partial charge in [-0.15, -0.1) is 0 Å². The van der Waals surface area contributed by atoms with Crippen molar-refractivity contribution in [2.75, 3.05) is 5.32 Å². The van der Waals surface area contributed by atoms with Crippen LogP contribution in [0.1, 0.15) is 5.69 Å². The lowest BCUT2D eigenvalue weighted by Crippen LogP contribution is -2.02. The fourth-order valence-corrected chi connectivity index (χ4v) is 2.49. The van der Waals surface area contributed by atoms with Crippen LogP contribution in [-0.4, -0.2) is 18.5 Å². The maximum atomic E-state index is 6.18. The van der Waals surface area contributed by atoms with Crippen LogP contribution < -0.4 is 5.32 Å².